The molecule has 142 valence electrons. The molecule has 3 aromatic carbocycles. The fraction of sp³-hybridized carbons (Fsp3) is 0.125. The van der Waals surface area contributed by atoms with Crippen LogP contribution in [-0.4, -0.2) is 5.91 Å². The van der Waals surface area contributed by atoms with Crippen molar-refractivity contribution in [3.63, 3.8) is 0 Å². The molecule has 0 aromatic heterocycles. The Kier molecular flexibility index (Phi) is 3.28. The number of amides is 1. The van der Waals surface area contributed by atoms with Gasteiger partial charge in [-0.25, -0.2) is 0 Å². The molecule has 0 bridgehead atoms. The molecule has 1 spiro atoms. The summed E-state index contributed by atoms with van der Waals surface area (Å²) < 4.78 is 7.82. The van der Waals surface area contributed by atoms with Crippen molar-refractivity contribution in [2.75, 3.05) is 10.2 Å². The number of fused-ring (bicyclic) bond motifs is 8. The summed E-state index contributed by atoms with van der Waals surface area (Å²) in [4.78, 5) is 15.6. The van der Waals surface area contributed by atoms with Crippen molar-refractivity contribution in [1.82, 2.24) is 0 Å². The number of nitrogens with one attached hydrogen (secondary N) is 1. The number of halogens is 1. The van der Waals surface area contributed by atoms with E-state index in [0.29, 0.717) is 0 Å². The fourth-order valence-corrected chi connectivity index (χ4v) is 5.22. The van der Waals surface area contributed by atoms with Gasteiger partial charge in [-0.15, -0.1) is 0 Å². The smallest absolute Gasteiger partial charge is 0.266 e. The molecule has 29 heavy (non-hydrogen) atoms. The maximum Gasteiger partial charge on any atom is 0.266 e. The first-order valence-electron chi connectivity index (χ1n) is 9.52. The Bertz CT molecular complexity index is 1240. The number of ether oxygens (including phenoxy) is 1. The predicted octanol–water partition coefficient (Wildman–Crippen LogP) is 5.34. The van der Waals surface area contributed by atoms with Crippen LogP contribution in [0.5, 0.6) is 0 Å². The van der Waals surface area contributed by atoms with Crippen molar-refractivity contribution in [2.24, 2.45) is 0 Å². The van der Waals surface area contributed by atoms with E-state index in [1.54, 1.807) is 0 Å². The zero-order valence-electron chi connectivity index (χ0n) is 15.6. The first-order valence-corrected chi connectivity index (χ1v) is 10.3. The minimum absolute atomic E-state index is 0.161. The van der Waals surface area contributed by atoms with Crippen LogP contribution in [0.15, 0.2) is 77.4 Å². The number of anilines is 2. The van der Waals surface area contributed by atoms with Crippen molar-refractivity contribution in [3.8, 4) is 0 Å². The molecule has 3 aliphatic rings. The zero-order valence-corrected chi connectivity index (χ0v) is 17.2. The van der Waals surface area contributed by atoms with E-state index in [1.165, 1.54) is 0 Å². The molecule has 3 aromatic rings. The minimum Gasteiger partial charge on any atom is -0.325 e. The van der Waals surface area contributed by atoms with Gasteiger partial charge in [0.1, 0.15) is 0 Å². The normalized spacial score (nSPS) is 25.9. The first-order chi connectivity index (χ1) is 14.0. The lowest BCUT2D eigenvalue weighted by Crippen LogP contribution is -2.57. The largest absolute Gasteiger partial charge is 0.325 e. The third kappa shape index (κ3) is 2.04. The molecule has 3 heterocycles. The molecule has 0 saturated heterocycles. The number of carbonyl (C=O) groups is 1. The van der Waals surface area contributed by atoms with Gasteiger partial charge in [-0.1, -0.05) is 58.4 Å². The molecular formula is C24H17BrN2O2. The van der Waals surface area contributed by atoms with Gasteiger partial charge in [0, 0.05) is 33.1 Å². The molecule has 1 amide bonds. The molecule has 3 aliphatic heterocycles. The molecule has 1 unspecified atom stereocenters. The van der Waals surface area contributed by atoms with Gasteiger partial charge < -0.3 is 15.0 Å². The lowest BCUT2D eigenvalue weighted by atomic mass is 9.81. The Hall–Kier alpha value is -2.89. The average Bonchev–Trinajstić information content (AvgIpc) is 2.99. The molecule has 1 N–H and O–H groups in total. The van der Waals surface area contributed by atoms with Crippen LogP contribution in [0, 0.1) is 0 Å². The Labute approximate surface area is 176 Å². The summed E-state index contributed by atoms with van der Waals surface area (Å²) in [7, 11) is 0. The van der Waals surface area contributed by atoms with Gasteiger partial charge in [-0.3, -0.25) is 4.79 Å². The summed E-state index contributed by atoms with van der Waals surface area (Å²) in [6.07, 6.45) is 4.14. The highest BCUT2D eigenvalue weighted by Gasteiger charge is 2.60. The summed E-state index contributed by atoms with van der Waals surface area (Å²) in [5.74, 6) is -0.161. The van der Waals surface area contributed by atoms with Crippen LogP contribution in [0.3, 0.4) is 0 Å². The number of benzene rings is 3. The van der Waals surface area contributed by atoms with E-state index in [9.17, 15) is 4.79 Å². The molecule has 6 rings (SSSR count). The summed E-state index contributed by atoms with van der Waals surface area (Å²) in [5, 5.41) is 3.04. The maximum absolute atomic E-state index is 13.5. The summed E-state index contributed by atoms with van der Waals surface area (Å²) >= 11 is 3.57. The monoisotopic (exact) mass is 444 g/mol. The van der Waals surface area contributed by atoms with Crippen LogP contribution in [0.2, 0.25) is 0 Å². The van der Waals surface area contributed by atoms with Crippen LogP contribution in [0.25, 0.3) is 6.08 Å². The highest BCUT2D eigenvalue weighted by molar-refractivity contribution is 9.10. The Morgan fingerprint density at radius 2 is 1.72 bits per heavy atom. The minimum atomic E-state index is -1.22. The van der Waals surface area contributed by atoms with Crippen LogP contribution in [-0.2, 0) is 20.9 Å². The second-order valence-electron chi connectivity index (χ2n) is 7.70. The van der Waals surface area contributed by atoms with Crippen LogP contribution >= 0.6 is 15.9 Å². The summed E-state index contributed by atoms with van der Waals surface area (Å²) in [5.41, 5.74) is 3.49. The second kappa shape index (κ2) is 5.59. The van der Waals surface area contributed by atoms with E-state index < -0.39 is 11.3 Å². The Morgan fingerprint density at radius 3 is 2.59 bits per heavy atom. The third-order valence-corrected chi connectivity index (χ3v) is 6.64. The Balaban J connectivity index is 1.70. The van der Waals surface area contributed by atoms with Crippen molar-refractivity contribution < 1.29 is 9.53 Å². The second-order valence-corrected chi connectivity index (χ2v) is 8.62. The van der Waals surface area contributed by atoms with Gasteiger partial charge in [0.2, 0.25) is 5.60 Å². The van der Waals surface area contributed by atoms with Gasteiger partial charge in [0.05, 0.1) is 5.69 Å². The van der Waals surface area contributed by atoms with Gasteiger partial charge in [-0.2, -0.15) is 0 Å². The number of hydrogen-bond donors (Lipinski definition) is 1. The van der Waals surface area contributed by atoms with Crippen molar-refractivity contribution in [1.29, 1.82) is 0 Å². The van der Waals surface area contributed by atoms with Crippen LogP contribution in [0.4, 0.5) is 11.4 Å². The Morgan fingerprint density at radius 1 is 0.966 bits per heavy atom. The number of nitrogens with zero attached hydrogens (tertiary/aromatic N) is 1. The molecular weight excluding hydrogens is 428 g/mol. The lowest BCUT2D eigenvalue weighted by molar-refractivity contribution is -0.165. The van der Waals surface area contributed by atoms with E-state index in [-0.39, 0.29) is 5.91 Å². The highest BCUT2D eigenvalue weighted by Crippen LogP contribution is 2.57. The number of para-hydroxylation sites is 1. The van der Waals surface area contributed by atoms with Gasteiger partial charge in [0.15, 0.2) is 5.72 Å². The fourth-order valence-electron chi connectivity index (χ4n) is 4.86. The maximum atomic E-state index is 13.5. The van der Waals surface area contributed by atoms with Crippen molar-refractivity contribution in [2.45, 2.75) is 18.2 Å². The number of rotatable bonds is 0. The number of carbonyl (C=O) groups excluding carboxylic acids is 1. The SMILES string of the molecule is C[C@]12OC3(C(=O)Nc4ccc(Br)cc43)c3ccccc3N1C=Cc1ccccc12. The lowest BCUT2D eigenvalue weighted by Gasteiger charge is -2.53. The zero-order chi connectivity index (χ0) is 19.8. The van der Waals surface area contributed by atoms with Crippen molar-refractivity contribution >= 4 is 39.3 Å². The van der Waals surface area contributed by atoms with E-state index in [1.807, 2.05) is 61.7 Å². The highest BCUT2D eigenvalue weighted by atomic mass is 79.9. The van der Waals surface area contributed by atoms with E-state index in [2.05, 4.69) is 50.4 Å². The summed E-state index contributed by atoms with van der Waals surface area (Å²) in [6, 6.07) is 22.0. The average molecular weight is 445 g/mol. The predicted molar refractivity (Wildman–Crippen MR) is 116 cm³/mol. The van der Waals surface area contributed by atoms with E-state index in [0.717, 1.165) is 38.1 Å². The molecule has 2 atom stereocenters. The van der Waals surface area contributed by atoms with Crippen molar-refractivity contribution in [3.05, 3.63) is 99.7 Å². The molecule has 0 saturated carbocycles. The number of hydrogen-bond acceptors (Lipinski definition) is 3. The summed E-state index contributed by atoms with van der Waals surface area (Å²) in [6.45, 7) is 2.04. The standard InChI is InChI=1S/C24H17BrN2O2/c1-23-17-7-3-2-6-15(17)12-13-27(23)21-9-5-4-8-18(21)24(29-23)19-14-16(25)10-11-20(19)26-22(24)28/h2-14H,1H3,(H,26,28)/t23-,24?/m1/s1. The molecule has 0 aliphatic carbocycles. The molecule has 0 fully saturated rings. The molecule has 5 heteroatoms. The molecule has 4 nitrogen and oxygen atoms in total. The van der Waals surface area contributed by atoms with E-state index >= 15 is 0 Å². The first kappa shape index (κ1) is 17.0. The van der Waals surface area contributed by atoms with Gasteiger partial charge in [-0.05, 0) is 42.8 Å². The quantitative estimate of drug-likeness (QED) is 0.508. The van der Waals surface area contributed by atoms with Gasteiger partial charge in [0.25, 0.3) is 5.91 Å². The molecule has 0 radical (unpaired) electrons. The van der Waals surface area contributed by atoms with E-state index in [4.69, 9.17) is 4.74 Å². The van der Waals surface area contributed by atoms with Gasteiger partial charge >= 0.3 is 0 Å². The van der Waals surface area contributed by atoms with Crippen LogP contribution < -0.4 is 10.2 Å². The topological polar surface area (TPSA) is 41.6 Å². The third-order valence-electron chi connectivity index (χ3n) is 6.15. The van der Waals surface area contributed by atoms with Crippen LogP contribution in [0.1, 0.15) is 29.2 Å².